The highest BCUT2D eigenvalue weighted by molar-refractivity contribution is 6.07. The lowest BCUT2D eigenvalue weighted by atomic mass is 9.96. The van der Waals surface area contributed by atoms with Crippen LogP contribution < -0.4 is 20.3 Å². The second kappa shape index (κ2) is 13.4. The Hall–Kier alpha value is -6.02. The van der Waals surface area contributed by atoms with E-state index in [-0.39, 0.29) is 23.6 Å². The average Bonchev–Trinajstić information content (AvgIpc) is 3.82. The Labute approximate surface area is 279 Å². The fourth-order valence-corrected chi connectivity index (χ4v) is 6.39. The Morgan fingerprint density at radius 3 is 1.35 bits per heavy atom. The molecule has 240 valence electrons. The predicted octanol–water partition coefficient (Wildman–Crippen LogP) is 7.99. The van der Waals surface area contributed by atoms with Crippen molar-refractivity contribution in [3.63, 3.8) is 0 Å². The van der Waals surface area contributed by atoms with Gasteiger partial charge in [-0.1, -0.05) is 84.9 Å². The number of ether oxygens (including phenoxy) is 2. The molecule has 8 heteroatoms. The van der Waals surface area contributed by atoms with Crippen molar-refractivity contribution in [2.75, 3.05) is 14.2 Å². The molecule has 0 radical (unpaired) electrons. The smallest absolute Gasteiger partial charge is 0.131 e. The summed E-state index contributed by atoms with van der Waals surface area (Å²) in [6.45, 7) is 0. The topological polar surface area (TPSA) is 108 Å². The SMILES string of the molecule is COc1cccc(O)c1C1=NN[C@@H](c2ccc3ccccc3c2)C1.COc1cccc(O)c1C1=NN[C@H](c2ccc3ccccc3c2)C1. The molecule has 2 aliphatic heterocycles. The molecule has 2 aliphatic rings. The van der Waals surface area contributed by atoms with E-state index in [0.717, 1.165) is 11.4 Å². The van der Waals surface area contributed by atoms with Crippen molar-refractivity contribution in [1.29, 1.82) is 0 Å². The van der Waals surface area contributed by atoms with Crippen molar-refractivity contribution in [1.82, 2.24) is 10.9 Å². The molecule has 0 fully saturated rings. The van der Waals surface area contributed by atoms with Crippen LogP contribution in [0.5, 0.6) is 23.0 Å². The van der Waals surface area contributed by atoms with Gasteiger partial charge in [0, 0.05) is 12.8 Å². The Kier molecular flexibility index (Phi) is 8.53. The molecule has 0 amide bonds. The summed E-state index contributed by atoms with van der Waals surface area (Å²) in [4.78, 5) is 0. The van der Waals surface area contributed by atoms with E-state index < -0.39 is 0 Å². The second-order valence-electron chi connectivity index (χ2n) is 11.8. The molecule has 0 saturated heterocycles. The number of phenols is 2. The molecular formula is C40H36N4O4. The molecular weight excluding hydrogens is 600 g/mol. The van der Waals surface area contributed by atoms with Crippen molar-refractivity contribution in [2.45, 2.75) is 24.9 Å². The summed E-state index contributed by atoms with van der Waals surface area (Å²) in [5, 5.41) is 34.1. The Morgan fingerprint density at radius 2 is 0.938 bits per heavy atom. The third-order valence-corrected chi connectivity index (χ3v) is 8.88. The zero-order valence-corrected chi connectivity index (χ0v) is 26.7. The van der Waals surface area contributed by atoms with Gasteiger partial charge < -0.3 is 30.5 Å². The number of fused-ring (bicyclic) bond motifs is 2. The molecule has 0 unspecified atom stereocenters. The number of nitrogens with one attached hydrogen (secondary N) is 2. The zero-order valence-electron chi connectivity index (χ0n) is 26.7. The molecule has 6 aromatic carbocycles. The van der Waals surface area contributed by atoms with Crippen LogP contribution in [0, 0.1) is 0 Å². The van der Waals surface area contributed by atoms with Crippen molar-refractivity contribution in [2.24, 2.45) is 10.2 Å². The van der Waals surface area contributed by atoms with Gasteiger partial charge in [0.15, 0.2) is 0 Å². The van der Waals surface area contributed by atoms with Crippen LogP contribution >= 0.6 is 0 Å². The van der Waals surface area contributed by atoms with Crippen LogP contribution in [0.1, 0.15) is 47.2 Å². The molecule has 0 spiro atoms. The van der Waals surface area contributed by atoms with Crippen LogP contribution in [0.2, 0.25) is 0 Å². The maximum atomic E-state index is 10.2. The van der Waals surface area contributed by atoms with Gasteiger partial charge in [-0.15, -0.1) is 0 Å². The number of hydrazone groups is 2. The second-order valence-corrected chi connectivity index (χ2v) is 11.8. The highest BCUT2D eigenvalue weighted by Crippen LogP contribution is 2.36. The lowest BCUT2D eigenvalue weighted by Gasteiger charge is -2.12. The van der Waals surface area contributed by atoms with Crippen molar-refractivity contribution >= 4 is 33.0 Å². The quantitative estimate of drug-likeness (QED) is 0.148. The van der Waals surface area contributed by atoms with E-state index in [1.165, 1.54) is 32.7 Å². The third-order valence-electron chi connectivity index (χ3n) is 8.88. The highest BCUT2D eigenvalue weighted by Gasteiger charge is 2.27. The van der Waals surface area contributed by atoms with E-state index in [1.807, 2.05) is 36.4 Å². The number of aromatic hydroxyl groups is 2. The minimum atomic E-state index is 0.0916. The highest BCUT2D eigenvalue weighted by atomic mass is 16.5. The van der Waals surface area contributed by atoms with Gasteiger partial charge in [-0.3, -0.25) is 0 Å². The first-order chi connectivity index (χ1) is 23.5. The normalized spacial score (nSPS) is 16.7. The molecule has 8 nitrogen and oxygen atoms in total. The minimum Gasteiger partial charge on any atom is -0.507 e. The molecule has 0 aliphatic carbocycles. The molecule has 48 heavy (non-hydrogen) atoms. The number of nitrogens with zero attached hydrogens (tertiary/aromatic N) is 2. The Morgan fingerprint density at radius 1 is 0.521 bits per heavy atom. The number of phenolic OH excluding ortho intramolecular Hbond substituents is 2. The first-order valence-electron chi connectivity index (χ1n) is 15.9. The van der Waals surface area contributed by atoms with Crippen LogP contribution in [0.3, 0.4) is 0 Å². The molecule has 4 N–H and O–H groups in total. The largest absolute Gasteiger partial charge is 0.507 e. The molecule has 2 atom stereocenters. The van der Waals surface area contributed by atoms with Gasteiger partial charge in [0.1, 0.15) is 23.0 Å². The van der Waals surface area contributed by atoms with Crippen molar-refractivity contribution in [3.8, 4) is 23.0 Å². The van der Waals surface area contributed by atoms with Crippen molar-refractivity contribution in [3.05, 3.63) is 144 Å². The van der Waals surface area contributed by atoms with Gasteiger partial charge in [0.25, 0.3) is 0 Å². The molecule has 8 rings (SSSR count). The van der Waals surface area contributed by atoms with Crippen molar-refractivity contribution < 1.29 is 19.7 Å². The summed E-state index contributed by atoms with van der Waals surface area (Å²) in [5.74, 6) is 1.65. The van der Waals surface area contributed by atoms with E-state index >= 15 is 0 Å². The molecule has 0 bridgehead atoms. The van der Waals surface area contributed by atoms with Crippen LogP contribution in [-0.4, -0.2) is 35.9 Å². The van der Waals surface area contributed by atoms with Gasteiger partial charge in [-0.2, -0.15) is 10.2 Å². The zero-order chi connectivity index (χ0) is 33.0. The minimum absolute atomic E-state index is 0.0916. The molecule has 0 saturated carbocycles. The fourth-order valence-electron chi connectivity index (χ4n) is 6.39. The fraction of sp³-hybridized carbons (Fsp3) is 0.150. The van der Waals surface area contributed by atoms with E-state index in [4.69, 9.17) is 9.47 Å². The van der Waals surface area contributed by atoms with E-state index in [0.29, 0.717) is 35.5 Å². The van der Waals surface area contributed by atoms with Gasteiger partial charge in [-0.25, -0.2) is 0 Å². The summed E-state index contributed by atoms with van der Waals surface area (Å²) in [6, 6.07) is 40.2. The van der Waals surface area contributed by atoms with Crippen LogP contribution in [0.4, 0.5) is 0 Å². The standard InChI is InChI=1S/2C20H18N2O2/c2*1-24-19-8-4-7-18(23)20(19)17-12-16(21-22-17)15-10-9-13-5-2-3-6-14(13)11-15/h2*2-11,16,21,23H,12H2,1H3/t2*16-/m10/s1. The lowest BCUT2D eigenvalue weighted by Crippen LogP contribution is -2.10. The van der Waals surface area contributed by atoms with Crippen LogP contribution in [0.25, 0.3) is 21.5 Å². The van der Waals surface area contributed by atoms with E-state index in [1.54, 1.807) is 38.5 Å². The number of benzene rings is 6. The van der Waals surface area contributed by atoms with E-state index in [2.05, 4.69) is 81.7 Å². The van der Waals surface area contributed by atoms with Crippen LogP contribution in [0.15, 0.2) is 132 Å². The predicted molar refractivity (Wildman–Crippen MR) is 191 cm³/mol. The molecule has 6 aromatic rings. The summed E-state index contributed by atoms with van der Waals surface area (Å²) < 4.78 is 10.7. The number of hydrogen-bond acceptors (Lipinski definition) is 8. The van der Waals surface area contributed by atoms with E-state index in [9.17, 15) is 10.2 Å². The maximum Gasteiger partial charge on any atom is 0.131 e. The monoisotopic (exact) mass is 636 g/mol. The van der Waals surface area contributed by atoms with Gasteiger partial charge in [0.2, 0.25) is 0 Å². The average molecular weight is 637 g/mol. The van der Waals surface area contributed by atoms with Gasteiger partial charge in [-0.05, 0) is 69.1 Å². The van der Waals surface area contributed by atoms with Crippen LogP contribution in [-0.2, 0) is 0 Å². The molecule has 2 heterocycles. The summed E-state index contributed by atoms with van der Waals surface area (Å²) >= 11 is 0. The Balaban J connectivity index is 0.000000152. The lowest BCUT2D eigenvalue weighted by molar-refractivity contribution is 0.406. The Bertz CT molecular complexity index is 2020. The summed E-state index contributed by atoms with van der Waals surface area (Å²) in [5.41, 5.74) is 11.7. The first-order valence-corrected chi connectivity index (χ1v) is 15.9. The number of hydrogen-bond donors (Lipinski definition) is 4. The number of methoxy groups -OCH3 is 2. The number of rotatable bonds is 6. The first kappa shape index (κ1) is 30.6. The summed E-state index contributed by atoms with van der Waals surface area (Å²) in [6.07, 6.45) is 1.40. The maximum absolute atomic E-state index is 10.2. The summed E-state index contributed by atoms with van der Waals surface area (Å²) in [7, 11) is 3.20. The third kappa shape index (κ3) is 6.08. The van der Waals surface area contributed by atoms with Gasteiger partial charge >= 0.3 is 0 Å². The van der Waals surface area contributed by atoms with Gasteiger partial charge in [0.05, 0.1) is 48.9 Å². The molecule has 0 aromatic heterocycles.